The minimum Gasteiger partial charge on any atom is -0.392 e. The number of nitrogens with one attached hydrogen (secondary N) is 1. The second-order valence-electron chi connectivity index (χ2n) is 5.02. The van der Waals surface area contributed by atoms with Gasteiger partial charge in [-0.05, 0) is 34.9 Å². The van der Waals surface area contributed by atoms with Crippen molar-refractivity contribution in [3.05, 3.63) is 56.8 Å². The van der Waals surface area contributed by atoms with Crippen LogP contribution in [0.15, 0.2) is 30.3 Å². The molecule has 0 unspecified atom stereocenters. The van der Waals surface area contributed by atoms with Gasteiger partial charge < -0.3 is 10.4 Å². The highest BCUT2D eigenvalue weighted by molar-refractivity contribution is 7.98. The molecule has 3 nitrogen and oxygen atoms in total. The van der Waals surface area contributed by atoms with Crippen LogP contribution in [0, 0.1) is 0 Å². The number of thiophene rings is 1. The van der Waals surface area contributed by atoms with E-state index < -0.39 is 0 Å². The molecule has 1 aliphatic rings. The summed E-state index contributed by atoms with van der Waals surface area (Å²) < 4.78 is 0. The Balaban J connectivity index is 1.64. The number of hydrogen-bond donors (Lipinski definition) is 2. The molecule has 1 aromatic carbocycles. The second kappa shape index (κ2) is 6.64. The average molecular weight is 319 g/mol. The molecule has 0 aliphatic carbocycles. The number of amides is 1. The smallest absolute Gasteiger partial charge is 0.261 e. The number of aliphatic hydroxyl groups excluding tert-OH is 1. The standard InChI is InChI=1S/C16H17NO2S2/c18-9-12-3-1-2-11(6-12)8-17-16(19)15-7-13-10-20-5-4-14(13)21-15/h1-3,6-7,18H,4-5,8-10H2,(H,17,19). The Labute approximate surface area is 132 Å². The van der Waals surface area contributed by atoms with Crippen LogP contribution in [-0.4, -0.2) is 16.8 Å². The van der Waals surface area contributed by atoms with Crippen molar-refractivity contribution in [3.63, 3.8) is 0 Å². The first kappa shape index (κ1) is 14.6. The Kier molecular flexibility index (Phi) is 4.63. The summed E-state index contributed by atoms with van der Waals surface area (Å²) in [6.07, 6.45) is 1.08. The van der Waals surface area contributed by atoms with Gasteiger partial charge in [-0.25, -0.2) is 0 Å². The largest absolute Gasteiger partial charge is 0.392 e. The van der Waals surface area contributed by atoms with E-state index in [0.29, 0.717) is 6.54 Å². The first-order chi connectivity index (χ1) is 10.3. The molecule has 0 bridgehead atoms. The second-order valence-corrected chi connectivity index (χ2v) is 7.26. The van der Waals surface area contributed by atoms with Gasteiger partial charge in [0.25, 0.3) is 5.91 Å². The molecule has 1 amide bonds. The topological polar surface area (TPSA) is 49.3 Å². The quantitative estimate of drug-likeness (QED) is 0.911. The van der Waals surface area contributed by atoms with Crippen molar-refractivity contribution < 1.29 is 9.90 Å². The van der Waals surface area contributed by atoms with Crippen molar-refractivity contribution in [1.29, 1.82) is 0 Å². The molecule has 3 rings (SSSR count). The summed E-state index contributed by atoms with van der Waals surface area (Å²) in [6.45, 7) is 0.515. The van der Waals surface area contributed by atoms with Crippen LogP contribution in [0.25, 0.3) is 0 Å². The predicted molar refractivity (Wildman–Crippen MR) is 87.7 cm³/mol. The molecule has 0 atom stereocenters. The van der Waals surface area contributed by atoms with E-state index >= 15 is 0 Å². The van der Waals surface area contributed by atoms with Crippen LogP contribution in [0.4, 0.5) is 0 Å². The number of thioether (sulfide) groups is 1. The highest BCUT2D eigenvalue weighted by Gasteiger charge is 2.17. The van der Waals surface area contributed by atoms with Crippen LogP contribution in [0.3, 0.4) is 0 Å². The fourth-order valence-corrected chi connectivity index (χ4v) is 4.66. The van der Waals surface area contributed by atoms with E-state index in [4.69, 9.17) is 5.11 Å². The molecule has 2 heterocycles. The molecule has 5 heteroatoms. The van der Waals surface area contributed by atoms with E-state index in [9.17, 15) is 4.79 Å². The SMILES string of the molecule is O=C(NCc1cccc(CO)c1)c1cc2c(s1)CCSC2. The lowest BCUT2D eigenvalue weighted by molar-refractivity contribution is 0.0955. The van der Waals surface area contributed by atoms with Gasteiger partial charge in [-0.2, -0.15) is 11.8 Å². The molecule has 2 aromatic rings. The van der Waals surface area contributed by atoms with E-state index in [1.54, 1.807) is 11.3 Å². The molecule has 21 heavy (non-hydrogen) atoms. The lowest BCUT2D eigenvalue weighted by atomic mass is 10.1. The van der Waals surface area contributed by atoms with Crippen molar-refractivity contribution in [3.8, 4) is 0 Å². The number of fused-ring (bicyclic) bond motifs is 1. The van der Waals surface area contributed by atoms with E-state index in [1.807, 2.05) is 42.1 Å². The molecule has 1 aliphatic heterocycles. The van der Waals surface area contributed by atoms with Crippen LogP contribution < -0.4 is 5.32 Å². The fourth-order valence-electron chi connectivity index (χ4n) is 2.37. The highest BCUT2D eigenvalue weighted by atomic mass is 32.2. The van der Waals surface area contributed by atoms with Gasteiger partial charge in [0.2, 0.25) is 0 Å². The number of rotatable bonds is 4. The molecule has 0 saturated carbocycles. The van der Waals surface area contributed by atoms with Gasteiger partial charge in [0.05, 0.1) is 11.5 Å². The molecular formula is C16H17NO2S2. The van der Waals surface area contributed by atoms with Gasteiger partial charge in [0, 0.05) is 17.2 Å². The molecule has 110 valence electrons. The van der Waals surface area contributed by atoms with Gasteiger partial charge >= 0.3 is 0 Å². The maximum Gasteiger partial charge on any atom is 0.261 e. The summed E-state index contributed by atoms with van der Waals surface area (Å²) in [6, 6.07) is 9.67. The lowest BCUT2D eigenvalue weighted by Crippen LogP contribution is -2.21. The highest BCUT2D eigenvalue weighted by Crippen LogP contribution is 2.31. The summed E-state index contributed by atoms with van der Waals surface area (Å²) in [7, 11) is 0. The summed E-state index contributed by atoms with van der Waals surface area (Å²) >= 11 is 3.55. The monoisotopic (exact) mass is 319 g/mol. The lowest BCUT2D eigenvalue weighted by Gasteiger charge is -2.08. The summed E-state index contributed by atoms with van der Waals surface area (Å²) in [4.78, 5) is 14.4. The Morgan fingerprint density at radius 2 is 2.14 bits per heavy atom. The molecular weight excluding hydrogens is 302 g/mol. The number of carbonyl (C=O) groups is 1. The average Bonchev–Trinajstić information content (AvgIpc) is 2.97. The Morgan fingerprint density at radius 3 is 2.95 bits per heavy atom. The molecule has 0 spiro atoms. The van der Waals surface area contributed by atoms with Gasteiger partial charge in [0.15, 0.2) is 0 Å². The zero-order valence-corrected chi connectivity index (χ0v) is 13.2. The van der Waals surface area contributed by atoms with Crippen molar-refractivity contribution in [2.45, 2.75) is 25.3 Å². The van der Waals surface area contributed by atoms with E-state index in [-0.39, 0.29) is 12.5 Å². The normalized spacial score (nSPS) is 13.8. The summed E-state index contributed by atoms with van der Waals surface area (Å²) in [5.41, 5.74) is 3.20. The maximum absolute atomic E-state index is 12.2. The van der Waals surface area contributed by atoms with Crippen LogP contribution >= 0.6 is 23.1 Å². The number of hydrogen-bond acceptors (Lipinski definition) is 4. The maximum atomic E-state index is 12.2. The molecule has 2 N–H and O–H groups in total. The van der Waals surface area contributed by atoms with Crippen LogP contribution in [0.5, 0.6) is 0 Å². The number of carbonyl (C=O) groups excluding carboxylic acids is 1. The minimum atomic E-state index is -0.00574. The van der Waals surface area contributed by atoms with Crippen LogP contribution in [-0.2, 0) is 25.3 Å². The third-order valence-electron chi connectivity index (χ3n) is 3.48. The minimum absolute atomic E-state index is 0.00574. The first-order valence-electron chi connectivity index (χ1n) is 6.92. The first-order valence-corrected chi connectivity index (χ1v) is 8.89. The molecule has 1 aromatic heterocycles. The molecule has 0 radical (unpaired) electrons. The Morgan fingerprint density at radius 1 is 1.29 bits per heavy atom. The zero-order chi connectivity index (χ0) is 14.7. The van der Waals surface area contributed by atoms with Crippen LogP contribution in [0.1, 0.15) is 31.2 Å². The Hall–Kier alpha value is -1.30. The summed E-state index contributed by atoms with van der Waals surface area (Å²) in [5, 5.41) is 12.1. The zero-order valence-electron chi connectivity index (χ0n) is 11.6. The number of aryl methyl sites for hydroxylation is 1. The third kappa shape index (κ3) is 3.48. The van der Waals surface area contributed by atoms with Crippen molar-refractivity contribution in [2.24, 2.45) is 0 Å². The van der Waals surface area contributed by atoms with Gasteiger partial charge in [0.1, 0.15) is 0 Å². The Bertz CT molecular complexity index is 628. The molecule has 0 saturated heterocycles. The number of aliphatic hydroxyl groups is 1. The van der Waals surface area contributed by atoms with Gasteiger partial charge in [-0.15, -0.1) is 11.3 Å². The number of benzene rings is 1. The summed E-state index contributed by atoms with van der Waals surface area (Å²) in [5.74, 6) is 2.17. The fraction of sp³-hybridized carbons (Fsp3) is 0.312. The van der Waals surface area contributed by atoms with Crippen molar-refractivity contribution in [2.75, 3.05) is 5.75 Å². The molecule has 0 fully saturated rings. The van der Waals surface area contributed by atoms with Crippen molar-refractivity contribution in [1.82, 2.24) is 5.32 Å². The van der Waals surface area contributed by atoms with Gasteiger partial charge in [-0.3, -0.25) is 4.79 Å². The van der Waals surface area contributed by atoms with E-state index in [1.165, 1.54) is 10.4 Å². The third-order valence-corrected chi connectivity index (χ3v) is 5.72. The van der Waals surface area contributed by atoms with E-state index in [0.717, 1.165) is 33.9 Å². The van der Waals surface area contributed by atoms with Crippen molar-refractivity contribution >= 4 is 29.0 Å². The van der Waals surface area contributed by atoms with Crippen LogP contribution in [0.2, 0.25) is 0 Å². The van der Waals surface area contributed by atoms with Gasteiger partial charge in [-0.1, -0.05) is 24.3 Å². The predicted octanol–water partition coefficient (Wildman–Crippen LogP) is 2.96. The van der Waals surface area contributed by atoms with E-state index in [2.05, 4.69) is 5.32 Å².